The number of ether oxygens (including phenoxy) is 2. The molecule has 28 heavy (non-hydrogen) atoms. The molecule has 0 atom stereocenters. The summed E-state index contributed by atoms with van der Waals surface area (Å²) in [6.07, 6.45) is 2.19. The first-order valence-electron chi connectivity index (χ1n) is 8.84. The molecule has 2 heterocycles. The summed E-state index contributed by atoms with van der Waals surface area (Å²) in [5, 5.41) is 0. The fraction of sp³-hybridized carbons (Fsp3) is 0.350. The van der Waals surface area contributed by atoms with Crippen molar-refractivity contribution in [2.45, 2.75) is 38.9 Å². The van der Waals surface area contributed by atoms with Gasteiger partial charge in [-0.1, -0.05) is 0 Å². The highest BCUT2D eigenvalue weighted by Gasteiger charge is 2.52. The number of hydrogen-bond donors (Lipinski definition) is 0. The highest BCUT2D eigenvalue weighted by Crippen LogP contribution is 2.37. The molecule has 7 nitrogen and oxygen atoms in total. The van der Waals surface area contributed by atoms with E-state index in [1.165, 1.54) is 19.4 Å². The van der Waals surface area contributed by atoms with E-state index in [0.717, 1.165) is 6.29 Å². The van der Waals surface area contributed by atoms with E-state index in [9.17, 15) is 9.59 Å². The van der Waals surface area contributed by atoms with Crippen LogP contribution < -0.4 is 10.2 Å². The molecule has 0 saturated carbocycles. The third kappa shape index (κ3) is 3.79. The summed E-state index contributed by atoms with van der Waals surface area (Å²) in [5.41, 5.74) is 0.185. The molecule has 1 fully saturated rings. The van der Waals surface area contributed by atoms with Crippen LogP contribution in [0.5, 0.6) is 11.5 Å². The second kappa shape index (κ2) is 7.37. The Morgan fingerprint density at radius 3 is 2.25 bits per heavy atom. The summed E-state index contributed by atoms with van der Waals surface area (Å²) in [5.74, 6) is 0.402. The van der Waals surface area contributed by atoms with E-state index in [-0.39, 0.29) is 5.69 Å². The van der Waals surface area contributed by atoms with Crippen molar-refractivity contribution in [1.82, 2.24) is 4.98 Å². The molecule has 0 unspecified atom stereocenters. The largest absolute Gasteiger partial charge is 0.495 e. The number of aldehydes is 1. The minimum absolute atomic E-state index is 0.184. The average Bonchev–Trinajstić information content (AvgIpc) is 2.89. The van der Waals surface area contributed by atoms with E-state index in [2.05, 4.69) is 9.72 Å². The molecule has 0 radical (unpaired) electrons. The zero-order valence-electron chi connectivity index (χ0n) is 16.5. The first-order valence-corrected chi connectivity index (χ1v) is 8.84. The predicted molar refractivity (Wildman–Crippen MR) is 103 cm³/mol. The fourth-order valence-corrected chi connectivity index (χ4v) is 2.70. The molecule has 1 aliphatic heterocycles. The number of rotatable bonds is 5. The zero-order chi connectivity index (χ0) is 20.5. The van der Waals surface area contributed by atoms with Gasteiger partial charge in [0.1, 0.15) is 23.5 Å². The van der Waals surface area contributed by atoms with Crippen LogP contribution in [-0.2, 0) is 14.0 Å². The van der Waals surface area contributed by atoms with Crippen LogP contribution >= 0.6 is 0 Å². The van der Waals surface area contributed by atoms with Gasteiger partial charge in [0, 0.05) is 5.56 Å². The Morgan fingerprint density at radius 2 is 1.71 bits per heavy atom. The van der Waals surface area contributed by atoms with Crippen LogP contribution in [0.3, 0.4) is 0 Å². The Morgan fingerprint density at radius 1 is 1.07 bits per heavy atom. The van der Waals surface area contributed by atoms with Crippen LogP contribution in [0.2, 0.25) is 0 Å². The van der Waals surface area contributed by atoms with Gasteiger partial charge in [0.25, 0.3) is 0 Å². The standard InChI is InChI=1S/C20H22BNO6/c1-19(2)20(3,4)28-21(27-19)16-10-14(7-6-13(16)12-23)26-15-8-9-17(22-11-15)18(24)25-5/h6-12H,1-5H3. The SMILES string of the molecule is COC(=O)c1ccc(Oc2ccc(C=O)c(B3OC(C)(C)C(C)(C)O3)c2)cn1. The van der Waals surface area contributed by atoms with Crippen molar-refractivity contribution in [1.29, 1.82) is 0 Å². The summed E-state index contributed by atoms with van der Waals surface area (Å²) in [6, 6.07) is 8.16. The van der Waals surface area contributed by atoms with Gasteiger partial charge >= 0.3 is 13.1 Å². The minimum atomic E-state index is -0.687. The van der Waals surface area contributed by atoms with Crippen molar-refractivity contribution in [3.8, 4) is 11.5 Å². The Bertz CT molecular complexity index is 878. The van der Waals surface area contributed by atoms with E-state index >= 15 is 0 Å². The van der Waals surface area contributed by atoms with Gasteiger partial charge in [-0.3, -0.25) is 4.79 Å². The Hall–Kier alpha value is -2.71. The van der Waals surface area contributed by atoms with Gasteiger partial charge in [-0.05, 0) is 63.5 Å². The van der Waals surface area contributed by atoms with Crippen LogP contribution in [0.25, 0.3) is 0 Å². The van der Waals surface area contributed by atoms with Crippen molar-refractivity contribution >= 4 is 24.8 Å². The third-order valence-electron chi connectivity index (χ3n) is 5.06. The van der Waals surface area contributed by atoms with Gasteiger partial charge in [0.15, 0.2) is 0 Å². The first kappa shape index (κ1) is 20.0. The van der Waals surface area contributed by atoms with E-state index < -0.39 is 24.3 Å². The number of carbonyl (C=O) groups excluding carboxylic acids is 2. The van der Waals surface area contributed by atoms with Gasteiger partial charge < -0.3 is 18.8 Å². The predicted octanol–water partition coefficient (Wildman–Crippen LogP) is 2.77. The van der Waals surface area contributed by atoms with Crippen molar-refractivity contribution in [3.05, 3.63) is 47.8 Å². The quantitative estimate of drug-likeness (QED) is 0.446. The first-order chi connectivity index (χ1) is 13.2. The molecule has 1 saturated heterocycles. The van der Waals surface area contributed by atoms with Crippen molar-refractivity contribution in [2.75, 3.05) is 7.11 Å². The smallest absolute Gasteiger partial charge is 0.464 e. The summed E-state index contributed by atoms with van der Waals surface area (Å²) < 4.78 is 22.5. The highest BCUT2D eigenvalue weighted by atomic mass is 16.7. The van der Waals surface area contributed by atoms with Gasteiger partial charge in [-0.15, -0.1) is 0 Å². The lowest BCUT2D eigenvalue weighted by atomic mass is 9.76. The Balaban J connectivity index is 1.86. The second-order valence-corrected chi connectivity index (χ2v) is 7.47. The monoisotopic (exact) mass is 383 g/mol. The normalized spacial score (nSPS) is 17.2. The van der Waals surface area contributed by atoms with Crippen LogP contribution in [0.15, 0.2) is 36.5 Å². The molecule has 0 aliphatic carbocycles. The Labute approximate surface area is 164 Å². The lowest BCUT2D eigenvalue weighted by Gasteiger charge is -2.32. The summed E-state index contributed by atoms with van der Waals surface area (Å²) >= 11 is 0. The summed E-state index contributed by atoms with van der Waals surface area (Å²) in [7, 11) is 0.605. The molecule has 3 rings (SSSR count). The van der Waals surface area contributed by atoms with Crippen molar-refractivity contribution < 1.29 is 28.4 Å². The number of aromatic nitrogens is 1. The maximum Gasteiger partial charge on any atom is 0.495 e. The molecule has 0 bridgehead atoms. The molecule has 0 amide bonds. The number of methoxy groups -OCH3 is 1. The van der Waals surface area contributed by atoms with Gasteiger partial charge in [0.2, 0.25) is 0 Å². The maximum absolute atomic E-state index is 11.5. The van der Waals surface area contributed by atoms with E-state index in [0.29, 0.717) is 22.5 Å². The molecule has 8 heteroatoms. The van der Waals surface area contributed by atoms with E-state index in [1.807, 2.05) is 27.7 Å². The number of hydrogen-bond acceptors (Lipinski definition) is 7. The topological polar surface area (TPSA) is 84.0 Å². The molecule has 2 aromatic rings. The van der Waals surface area contributed by atoms with E-state index in [1.54, 1.807) is 24.3 Å². The molecule has 1 aromatic heterocycles. The minimum Gasteiger partial charge on any atom is -0.464 e. The number of benzene rings is 1. The molecule has 0 spiro atoms. The van der Waals surface area contributed by atoms with Crippen LogP contribution in [0, 0.1) is 0 Å². The van der Waals surface area contributed by atoms with Gasteiger partial charge in [-0.25, -0.2) is 9.78 Å². The zero-order valence-corrected chi connectivity index (χ0v) is 16.5. The molecular formula is C20H22BNO6. The van der Waals surface area contributed by atoms with E-state index in [4.69, 9.17) is 14.0 Å². The fourth-order valence-electron chi connectivity index (χ4n) is 2.70. The number of pyridine rings is 1. The van der Waals surface area contributed by atoms with Crippen LogP contribution in [0.1, 0.15) is 48.5 Å². The Kier molecular flexibility index (Phi) is 5.27. The van der Waals surface area contributed by atoms with Crippen LogP contribution in [-0.4, -0.2) is 42.7 Å². The van der Waals surface area contributed by atoms with Crippen molar-refractivity contribution in [3.63, 3.8) is 0 Å². The molecule has 1 aliphatic rings. The number of esters is 1. The average molecular weight is 383 g/mol. The summed E-state index contributed by atoms with van der Waals surface area (Å²) in [6.45, 7) is 7.79. The lowest BCUT2D eigenvalue weighted by molar-refractivity contribution is 0.00578. The summed E-state index contributed by atoms with van der Waals surface area (Å²) in [4.78, 5) is 27.0. The highest BCUT2D eigenvalue weighted by molar-refractivity contribution is 6.63. The molecule has 1 aromatic carbocycles. The molecular weight excluding hydrogens is 361 g/mol. The maximum atomic E-state index is 11.5. The molecule has 0 N–H and O–H groups in total. The number of carbonyl (C=O) groups is 2. The third-order valence-corrected chi connectivity index (χ3v) is 5.06. The second-order valence-electron chi connectivity index (χ2n) is 7.47. The van der Waals surface area contributed by atoms with Gasteiger partial charge in [-0.2, -0.15) is 0 Å². The number of nitrogens with zero attached hydrogens (tertiary/aromatic N) is 1. The molecule has 146 valence electrons. The van der Waals surface area contributed by atoms with Crippen molar-refractivity contribution in [2.24, 2.45) is 0 Å². The lowest BCUT2D eigenvalue weighted by Crippen LogP contribution is -2.41. The van der Waals surface area contributed by atoms with Gasteiger partial charge in [0.05, 0.1) is 24.5 Å². The van der Waals surface area contributed by atoms with Crippen LogP contribution in [0.4, 0.5) is 0 Å².